The van der Waals surface area contributed by atoms with Crippen molar-refractivity contribution in [2.24, 2.45) is 0 Å². The standard InChI is InChI=1S/C15H12BrNO2S/c1-19-15-6-5-11(7-12(15)9-17)10-20(18)14-4-2-3-13(16)8-14/h2-8H,10H2,1H3. The van der Waals surface area contributed by atoms with Gasteiger partial charge in [0, 0.05) is 9.37 Å². The number of halogens is 1. The van der Waals surface area contributed by atoms with Gasteiger partial charge in [0.1, 0.15) is 11.8 Å². The molecule has 2 aromatic carbocycles. The number of benzene rings is 2. The number of rotatable bonds is 4. The third kappa shape index (κ3) is 3.47. The van der Waals surface area contributed by atoms with E-state index >= 15 is 0 Å². The number of nitrogens with zero attached hydrogens (tertiary/aromatic N) is 1. The highest BCUT2D eigenvalue weighted by molar-refractivity contribution is 9.10. The molecule has 102 valence electrons. The molecule has 0 heterocycles. The fraction of sp³-hybridized carbons (Fsp3) is 0.133. The summed E-state index contributed by atoms with van der Waals surface area (Å²) in [5, 5.41) is 9.05. The van der Waals surface area contributed by atoms with Crippen LogP contribution in [-0.2, 0) is 16.6 Å². The van der Waals surface area contributed by atoms with E-state index in [0.717, 1.165) is 14.9 Å². The Morgan fingerprint density at radius 3 is 2.75 bits per heavy atom. The number of hydrogen-bond acceptors (Lipinski definition) is 3. The van der Waals surface area contributed by atoms with Gasteiger partial charge in [-0.25, -0.2) is 0 Å². The highest BCUT2D eigenvalue weighted by atomic mass is 79.9. The molecule has 0 aliphatic heterocycles. The van der Waals surface area contributed by atoms with Gasteiger partial charge in [0.2, 0.25) is 0 Å². The average molecular weight is 350 g/mol. The molecule has 0 saturated carbocycles. The van der Waals surface area contributed by atoms with Crippen LogP contribution in [-0.4, -0.2) is 11.3 Å². The van der Waals surface area contributed by atoms with Crippen molar-refractivity contribution in [2.75, 3.05) is 7.11 Å². The maximum Gasteiger partial charge on any atom is 0.136 e. The lowest BCUT2D eigenvalue weighted by Gasteiger charge is -2.06. The Bertz CT molecular complexity index is 695. The van der Waals surface area contributed by atoms with E-state index in [1.54, 1.807) is 12.1 Å². The van der Waals surface area contributed by atoms with Gasteiger partial charge in [-0.05, 0) is 35.9 Å². The lowest BCUT2D eigenvalue weighted by atomic mass is 10.1. The molecule has 1 unspecified atom stereocenters. The molecule has 0 aliphatic rings. The smallest absolute Gasteiger partial charge is 0.136 e. The summed E-state index contributed by atoms with van der Waals surface area (Å²) in [6, 6.07) is 14.8. The normalized spacial score (nSPS) is 11.7. The van der Waals surface area contributed by atoms with E-state index in [9.17, 15) is 4.21 Å². The molecule has 2 rings (SSSR count). The molecule has 0 bridgehead atoms. The van der Waals surface area contributed by atoms with Gasteiger partial charge in [0.05, 0.1) is 29.2 Å². The quantitative estimate of drug-likeness (QED) is 0.846. The molecule has 0 amide bonds. The molecule has 0 saturated heterocycles. The Balaban J connectivity index is 2.22. The SMILES string of the molecule is COc1ccc(CS(=O)c2cccc(Br)c2)cc1C#N. The summed E-state index contributed by atoms with van der Waals surface area (Å²) in [5.74, 6) is 0.902. The van der Waals surface area contributed by atoms with Crippen molar-refractivity contribution in [2.45, 2.75) is 10.6 Å². The van der Waals surface area contributed by atoms with E-state index in [0.29, 0.717) is 17.1 Å². The van der Waals surface area contributed by atoms with Crippen molar-refractivity contribution in [1.82, 2.24) is 0 Å². The second kappa shape index (κ2) is 6.69. The van der Waals surface area contributed by atoms with Crippen molar-refractivity contribution in [3.05, 3.63) is 58.1 Å². The maximum atomic E-state index is 12.3. The van der Waals surface area contributed by atoms with Crippen LogP contribution >= 0.6 is 15.9 Å². The van der Waals surface area contributed by atoms with Crippen LogP contribution in [0.25, 0.3) is 0 Å². The molecule has 0 spiro atoms. The molecule has 0 fully saturated rings. The van der Waals surface area contributed by atoms with Crippen molar-refractivity contribution in [3.8, 4) is 11.8 Å². The van der Waals surface area contributed by atoms with Crippen LogP contribution in [0.15, 0.2) is 51.8 Å². The molecule has 2 aromatic rings. The monoisotopic (exact) mass is 349 g/mol. The summed E-state index contributed by atoms with van der Waals surface area (Å²) >= 11 is 3.36. The highest BCUT2D eigenvalue weighted by Crippen LogP contribution is 2.22. The molecule has 1 atom stereocenters. The first kappa shape index (κ1) is 14.8. The Hall–Kier alpha value is -1.64. The van der Waals surface area contributed by atoms with Crippen LogP contribution in [0.3, 0.4) is 0 Å². The average Bonchev–Trinajstić information content (AvgIpc) is 2.47. The lowest BCUT2D eigenvalue weighted by Crippen LogP contribution is -1.98. The third-order valence-electron chi connectivity index (χ3n) is 2.74. The van der Waals surface area contributed by atoms with Gasteiger partial charge < -0.3 is 4.74 Å². The van der Waals surface area contributed by atoms with Crippen molar-refractivity contribution in [1.29, 1.82) is 5.26 Å². The largest absolute Gasteiger partial charge is 0.495 e. The van der Waals surface area contributed by atoms with Crippen LogP contribution in [0.1, 0.15) is 11.1 Å². The first-order valence-corrected chi connectivity index (χ1v) is 7.96. The molecule has 0 aromatic heterocycles. The summed E-state index contributed by atoms with van der Waals surface area (Å²) in [6.45, 7) is 0. The minimum absolute atomic E-state index is 0.370. The minimum atomic E-state index is -1.14. The fourth-order valence-corrected chi connectivity index (χ4v) is 3.46. The predicted octanol–water partition coefficient (Wildman–Crippen LogP) is 3.64. The van der Waals surface area contributed by atoms with Gasteiger partial charge in [-0.3, -0.25) is 4.21 Å². The second-order valence-corrected chi connectivity index (χ2v) is 6.46. The van der Waals surface area contributed by atoms with Gasteiger partial charge >= 0.3 is 0 Å². The molecule has 0 aliphatic carbocycles. The zero-order valence-corrected chi connectivity index (χ0v) is 13.2. The number of ether oxygens (including phenoxy) is 1. The topological polar surface area (TPSA) is 50.1 Å². The second-order valence-electron chi connectivity index (χ2n) is 4.09. The first-order chi connectivity index (χ1) is 9.63. The summed E-state index contributed by atoms with van der Waals surface area (Å²) < 4.78 is 18.3. The molecule has 3 nitrogen and oxygen atoms in total. The molecular formula is C15H12BrNO2S. The van der Waals surface area contributed by atoms with Gasteiger partial charge in [-0.1, -0.05) is 28.1 Å². The van der Waals surface area contributed by atoms with Crippen molar-refractivity contribution in [3.63, 3.8) is 0 Å². The van der Waals surface area contributed by atoms with Crippen molar-refractivity contribution >= 4 is 26.7 Å². The molecule has 20 heavy (non-hydrogen) atoms. The summed E-state index contributed by atoms with van der Waals surface area (Å²) in [5.41, 5.74) is 1.30. The Kier molecular flexibility index (Phi) is 4.94. The maximum absolute atomic E-state index is 12.3. The van der Waals surface area contributed by atoms with Crippen LogP contribution in [0.5, 0.6) is 5.75 Å². The lowest BCUT2D eigenvalue weighted by molar-refractivity contribution is 0.413. The van der Waals surface area contributed by atoms with Crippen LogP contribution in [0.2, 0.25) is 0 Å². The zero-order valence-electron chi connectivity index (χ0n) is 10.8. The highest BCUT2D eigenvalue weighted by Gasteiger charge is 2.09. The minimum Gasteiger partial charge on any atom is -0.495 e. The molecule has 5 heteroatoms. The van der Waals surface area contributed by atoms with E-state index in [1.165, 1.54) is 7.11 Å². The van der Waals surface area contributed by atoms with E-state index < -0.39 is 10.8 Å². The van der Waals surface area contributed by atoms with E-state index in [2.05, 4.69) is 22.0 Å². The number of methoxy groups -OCH3 is 1. The van der Waals surface area contributed by atoms with Crippen LogP contribution < -0.4 is 4.74 Å². The van der Waals surface area contributed by atoms with E-state index in [-0.39, 0.29) is 0 Å². The summed E-state index contributed by atoms with van der Waals surface area (Å²) in [6.07, 6.45) is 0. The first-order valence-electron chi connectivity index (χ1n) is 5.85. The summed E-state index contributed by atoms with van der Waals surface area (Å²) in [7, 11) is 0.380. The van der Waals surface area contributed by atoms with Gasteiger partial charge in [-0.15, -0.1) is 0 Å². The van der Waals surface area contributed by atoms with E-state index in [1.807, 2.05) is 30.3 Å². The predicted molar refractivity (Wildman–Crippen MR) is 82.0 cm³/mol. The van der Waals surface area contributed by atoms with Gasteiger partial charge in [0.15, 0.2) is 0 Å². The summed E-state index contributed by atoms with van der Waals surface area (Å²) in [4.78, 5) is 0.758. The zero-order chi connectivity index (χ0) is 14.5. The molecule has 0 radical (unpaired) electrons. The number of hydrogen-bond donors (Lipinski definition) is 0. The Morgan fingerprint density at radius 2 is 2.10 bits per heavy atom. The Morgan fingerprint density at radius 1 is 1.30 bits per heavy atom. The van der Waals surface area contributed by atoms with Gasteiger partial charge in [-0.2, -0.15) is 5.26 Å². The van der Waals surface area contributed by atoms with Gasteiger partial charge in [0.25, 0.3) is 0 Å². The Labute approximate surface area is 128 Å². The number of nitriles is 1. The molecular weight excluding hydrogens is 338 g/mol. The van der Waals surface area contributed by atoms with Crippen molar-refractivity contribution < 1.29 is 8.95 Å². The van der Waals surface area contributed by atoms with Crippen LogP contribution in [0.4, 0.5) is 0 Å². The third-order valence-corrected chi connectivity index (χ3v) is 4.61. The fourth-order valence-electron chi connectivity index (χ4n) is 1.78. The molecule has 0 N–H and O–H groups in total. The van der Waals surface area contributed by atoms with E-state index in [4.69, 9.17) is 10.00 Å². The van der Waals surface area contributed by atoms with Crippen LogP contribution in [0, 0.1) is 11.3 Å².